The van der Waals surface area contributed by atoms with Gasteiger partial charge in [0.2, 0.25) is 11.8 Å². The van der Waals surface area contributed by atoms with Gasteiger partial charge in [0.05, 0.1) is 78.9 Å². The van der Waals surface area contributed by atoms with E-state index >= 15 is 0 Å². The number of pyridine rings is 2. The lowest BCUT2D eigenvalue weighted by Crippen LogP contribution is -2.11. The van der Waals surface area contributed by atoms with Crippen molar-refractivity contribution >= 4 is 154 Å². The third-order valence-corrected chi connectivity index (χ3v) is 24.2. The van der Waals surface area contributed by atoms with E-state index in [9.17, 15) is 142 Å². The number of methoxy groups -OCH3 is 1. The maximum atomic E-state index is 10.8. The van der Waals surface area contributed by atoms with Crippen LogP contribution < -0.4 is 16.2 Å². The second-order valence-corrected chi connectivity index (χ2v) is 45.9. The van der Waals surface area contributed by atoms with Crippen LogP contribution in [-0.4, -0.2) is 237 Å². The van der Waals surface area contributed by atoms with Crippen LogP contribution in [0.1, 0.15) is 63.7 Å². The van der Waals surface area contributed by atoms with Crippen LogP contribution in [0, 0.1) is 27.7 Å². The molecule has 0 bridgehead atoms. The third kappa shape index (κ3) is 63.7. The average molecular weight is 2070 g/mol. The second-order valence-electron chi connectivity index (χ2n) is 24.4. The lowest BCUT2D eigenvalue weighted by Gasteiger charge is -2.10. The molecular weight excluding hydrogens is 1990 g/mol. The molecule has 0 aliphatic rings. The fourth-order valence-corrected chi connectivity index (χ4v) is 11.9. The van der Waals surface area contributed by atoms with Gasteiger partial charge in [0.15, 0.2) is 14.9 Å². The van der Waals surface area contributed by atoms with E-state index in [1.165, 1.54) is 161 Å². The zero-order valence-electron chi connectivity index (χ0n) is 68.6. The van der Waals surface area contributed by atoms with Crippen LogP contribution in [-0.2, 0) is 131 Å². The molecule has 0 fully saturated rings. The number of carbonyl (C=O) groups is 2. The lowest BCUT2D eigenvalue weighted by molar-refractivity contribution is 0.0991. The van der Waals surface area contributed by atoms with Crippen LogP contribution in [0.5, 0.6) is 5.75 Å². The summed E-state index contributed by atoms with van der Waals surface area (Å²) in [4.78, 5) is 26.4. The number of aliphatic hydroxyl groups excluding tert-OH is 1. The van der Waals surface area contributed by atoms with Gasteiger partial charge < -0.3 is 57.7 Å². The Morgan fingerprint density at radius 2 is 0.758 bits per heavy atom. The zero-order chi connectivity index (χ0) is 101. The molecule has 0 aliphatic carbocycles. The fraction of sp³-hybridized carbons (Fsp3) is 0.229. The number of aliphatic hydroxyl groups is 1. The molecule has 0 saturated carbocycles. The van der Waals surface area contributed by atoms with Gasteiger partial charge in [-0.25, -0.2) is 97.6 Å². The number of aromatic nitrogens is 2. The zero-order valence-corrected chi connectivity index (χ0v) is 80.0. The van der Waals surface area contributed by atoms with Crippen molar-refractivity contribution in [1.82, 2.24) is 9.97 Å². The number of amides is 2. The van der Waals surface area contributed by atoms with E-state index in [0.29, 0.717) is 22.6 Å². The molecule has 0 spiro atoms. The van der Waals surface area contributed by atoms with E-state index in [4.69, 9.17) is 55.0 Å². The molecule has 0 aliphatic heterocycles. The van der Waals surface area contributed by atoms with E-state index in [1.54, 1.807) is 76.2 Å². The van der Waals surface area contributed by atoms with Crippen LogP contribution in [0.15, 0.2) is 257 Å². The Bertz CT molecular complexity index is 6440. The molecule has 0 saturated heterocycles. The van der Waals surface area contributed by atoms with Crippen molar-refractivity contribution in [2.75, 3.05) is 50.2 Å². The predicted molar refractivity (Wildman–Crippen MR) is 454 cm³/mol. The number of hydrogen-bond donors (Lipinski definition) is 5. The summed E-state index contributed by atoms with van der Waals surface area (Å²) in [7, 11) is -49.5. The number of nitrogens with zero attached hydrogens (tertiary/aromatic N) is 2. The number of rotatable bonds is 16. The molecular formula is C70H85ClN4O40S13-8. The van der Waals surface area contributed by atoms with Crippen molar-refractivity contribution in [1.29, 1.82) is 0 Å². The van der Waals surface area contributed by atoms with Crippen molar-refractivity contribution in [3.63, 3.8) is 0 Å². The normalized spacial score (nSPS) is 11.4. The van der Waals surface area contributed by atoms with Crippen molar-refractivity contribution in [3.05, 3.63) is 251 Å². The lowest BCUT2D eigenvalue weighted by atomic mass is 10.2. The monoisotopic (exact) mass is 2070 g/mol. The van der Waals surface area contributed by atoms with Crippen molar-refractivity contribution < 1.29 is 174 Å². The van der Waals surface area contributed by atoms with Gasteiger partial charge in [-0.05, 0) is 198 Å². The SMILES string of the molecule is CC(C)S(=O)(=O)[O-].CCS(C)(=O)=O.COc1ccc(S(=O)(=O)O)cc1.CS(=O)(=O)CCO.CS(=O)(=O)[O-].CS(=O)(=O)c1ccccn1.Cc1ccc(C)c(S(=O)(=O)[O-])c1.Cc1ccc(S(=O)(=O)[O-])cc1.Cc1cccc(S(=O)(=O)[O-])c1.NC(=O)c1cccc(S(=O)(=O)[O-])c1.NC(=O)c1cccc(S(=O)(=O)[O-])c1.O=S(=O)(O)c1ccc(Cl)cc1.O=S(=O)([O-])c1cccnc1. The van der Waals surface area contributed by atoms with E-state index in [1.807, 2.05) is 6.92 Å². The Labute approximate surface area is 748 Å². The number of primary amides is 2. The molecule has 2 heterocycles. The molecule has 9 rings (SSSR count). The summed E-state index contributed by atoms with van der Waals surface area (Å²) < 4.78 is 370. The first-order valence-electron chi connectivity index (χ1n) is 33.5. The standard InChI is InChI=1S/C8H10O3S.2C7H7NO4S.C7H8O4S.2C7H8O3S.C6H5ClO3S.C6H7NO2S.C5H5NO3S.2C3H8O3S.C3H8O2S.CH4O3S/c1-6-3-4-7(2)8(5-6)12(9,10)11;2*8-7(9)5-2-1-3-6(4-5)13(10,11)12;1-11-6-2-4-7(5-3-6)12(8,9)10;1-6-2-4-7(5-3-6)11(8,9)10;1-6-3-2-4-7(5-6)11(8,9)10;7-5-1-3-6(4-2-5)11(8,9)10;1-10(8,9)6-4-2-3-5-7-6;7-10(8,9)5-2-1-3-6-4-5;1-7(5,6)3-2-4;1-3(2)7(4,5)6;1-3-6(2,4)5;1-5(2,3)4/h3-5H,1-2H3,(H,9,10,11);2*1-4H,(H2,8,9)(H,10,11,12);2-5H,1H3,(H,8,9,10);2*2-5H,1H3,(H,8,9,10);1-4H,(H,8,9,10);2-5H,1H3;1-4H,(H,7,8,9);4H,2-3H2,1H3;3H,1-2H3,(H,4,5,6);3H2,1-2H3;1H3,(H,2,3,4)/p-8. The van der Waals surface area contributed by atoms with Crippen molar-refractivity contribution in [3.8, 4) is 5.75 Å². The first-order chi connectivity index (χ1) is 57.5. The summed E-state index contributed by atoms with van der Waals surface area (Å²) in [5.74, 6) is -0.890. The molecule has 0 radical (unpaired) electrons. The van der Waals surface area contributed by atoms with Crippen LogP contribution >= 0.6 is 11.6 Å². The number of sulfone groups is 3. The van der Waals surface area contributed by atoms with Crippen LogP contribution in [0.2, 0.25) is 5.02 Å². The number of carbonyl (C=O) groups excluding carboxylic acids is 2. The Morgan fingerprint density at radius 1 is 0.414 bits per heavy atom. The number of hydrogen-bond acceptors (Lipinski definition) is 40. The number of halogens is 1. The third-order valence-electron chi connectivity index (χ3n) is 13.0. The maximum absolute atomic E-state index is 10.8. The summed E-state index contributed by atoms with van der Waals surface area (Å²) in [6, 6.07) is 43.9. The molecule has 2 amide bonds. The van der Waals surface area contributed by atoms with Gasteiger partial charge in [-0.1, -0.05) is 78.7 Å². The highest BCUT2D eigenvalue weighted by Crippen LogP contribution is 2.19. The summed E-state index contributed by atoms with van der Waals surface area (Å²) >= 11 is 5.49. The van der Waals surface area contributed by atoms with E-state index in [-0.39, 0.29) is 63.6 Å². The highest BCUT2D eigenvalue weighted by atomic mass is 35.5. The average Bonchev–Trinajstić information content (AvgIpc) is 0.849. The first kappa shape index (κ1) is 125. The van der Waals surface area contributed by atoms with Crippen LogP contribution in [0.4, 0.5) is 0 Å². The molecule has 128 heavy (non-hydrogen) atoms. The van der Waals surface area contributed by atoms with E-state index in [0.717, 1.165) is 59.7 Å². The Balaban J connectivity index is -0.000000655. The topological polar surface area (TPSA) is 810 Å². The highest BCUT2D eigenvalue weighted by molar-refractivity contribution is 7.91. The summed E-state index contributed by atoms with van der Waals surface area (Å²) in [6.07, 6.45) is 7.91. The summed E-state index contributed by atoms with van der Waals surface area (Å²) in [5, 5.41) is 7.79. The van der Waals surface area contributed by atoms with Crippen molar-refractivity contribution in [2.45, 2.75) is 97.9 Å². The molecule has 0 unspecified atom stereocenters. The van der Waals surface area contributed by atoms with Gasteiger partial charge in [0, 0.05) is 70.8 Å². The van der Waals surface area contributed by atoms with E-state index < -0.39 is 158 Å². The fourth-order valence-electron chi connectivity index (χ4n) is 6.64. The van der Waals surface area contributed by atoms with Gasteiger partial charge in [0.25, 0.3) is 20.2 Å². The maximum Gasteiger partial charge on any atom is 0.294 e. The molecule has 44 nitrogen and oxygen atoms in total. The van der Waals surface area contributed by atoms with Gasteiger partial charge in [-0.15, -0.1) is 0 Å². The van der Waals surface area contributed by atoms with Crippen LogP contribution in [0.3, 0.4) is 0 Å². The summed E-state index contributed by atoms with van der Waals surface area (Å²) in [5.41, 5.74) is 12.7. The largest absolute Gasteiger partial charge is 0.748 e. The second kappa shape index (κ2) is 55.7. The number of ether oxygens (including phenoxy) is 1. The Morgan fingerprint density at radius 3 is 1.00 bits per heavy atom. The minimum Gasteiger partial charge on any atom is -0.748 e. The van der Waals surface area contributed by atoms with Gasteiger partial charge in [0.1, 0.15) is 86.1 Å². The molecule has 718 valence electrons. The quantitative estimate of drug-likeness (QED) is 0.0863. The minimum atomic E-state index is -4.52. The first-order valence-corrected chi connectivity index (χ1v) is 54.5. The molecule has 7 aromatic carbocycles. The Hall–Kier alpha value is -9.22. The van der Waals surface area contributed by atoms with E-state index in [2.05, 4.69) is 9.97 Å². The van der Waals surface area contributed by atoms with Crippen LogP contribution in [0.25, 0.3) is 0 Å². The molecule has 0 atom stereocenters. The summed E-state index contributed by atoms with van der Waals surface area (Å²) in [6.45, 7) is 10.9. The van der Waals surface area contributed by atoms with Gasteiger partial charge in [-0.3, -0.25) is 23.7 Å². The highest BCUT2D eigenvalue weighted by Gasteiger charge is 2.12. The Kier molecular flexibility index (Phi) is 54.4. The molecule has 58 heteroatoms. The number of benzene rings is 7. The molecule has 2 aromatic heterocycles. The molecule has 9 aromatic rings. The van der Waals surface area contributed by atoms with Gasteiger partial charge >= 0.3 is 0 Å². The smallest absolute Gasteiger partial charge is 0.294 e. The number of aryl methyl sites for hydroxylation is 4. The van der Waals surface area contributed by atoms with Gasteiger partial charge in [-0.2, -0.15) is 16.8 Å². The minimum absolute atomic E-state index is 0.00285. The predicted octanol–water partition coefficient (Wildman–Crippen LogP) is 3.56. The molecule has 7 N–H and O–H groups in total. The van der Waals surface area contributed by atoms with Crippen molar-refractivity contribution in [2.24, 2.45) is 11.5 Å². The number of nitrogens with two attached hydrogens (primary N) is 2.